The zero-order valence-electron chi connectivity index (χ0n) is 12.8. The number of hydrogen-bond donors (Lipinski definition) is 2. The van der Waals surface area contributed by atoms with E-state index in [1.165, 1.54) is 19.2 Å². The number of methoxy groups -OCH3 is 1. The molecule has 1 saturated heterocycles. The Morgan fingerprint density at radius 3 is 2.10 bits per heavy atom. The van der Waals surface area contributed by atoms with E-state index in [0.717, 1.165) is 0 Å². The molecule has 0 atom stereocenters. The van der Waals surface area contributed by atoms with E-state index in [1.807, 2.05) is 27.7 Å². The van der Waals surface area contributed by atoms with Gasteiger partial charge in [-0.2, -0.15) is 0 Å². The Kier molecular flexibility index (Phi) is 4.02. The summed E-state index contributed by atoms with van der Waals surface area (Å²) in [5, 5.41) is -0.169. The predicted molar refractivity (Wildman–Crippen MR) is 80.4 cm³/mol. The molecule has 0 amide bonds. The standard InChI is InChI=1S/C13H20BO6P/c1-12(2)13(3,4)20-14(19-12)9-6-7-10(18-5)11(8-9)21(15,16)17/h6-8H,1-5H3,(H2,15,16,17). The van der Waals surface area contributed by atoms with Crippen LogP contribution in [0.1, 0.15) is 27.7 Å². The van der Waals surface area contributed by atoms with Crippen LogP contribution in [0.4, 0.5) is 0 Å². The fourth-order valence-corrected chi connectivity index (χ4v) is 2.83. The van der Waals surface area contributed by atoms with Gasteiger partial charge in [0, 0.05) is 0 Å². The van der Waals surface area contributed by atoms with Crippen molar-refractivity contribution in [3.05, 3.63) is 18.2 Å². The molecule has 1 aromatic carbocycles. The summed E-state index contributed by atoms with van der Waals surface area (Å²) < 4.78 is 28.3. The summed E-state index contributed by atoms with van der Waals surface area (Å²) in [5.74, 6) is 0.142. The van der Waals surface area contributed by atoms with Crippen LogP contribution in [0, 0.1) is 0 Å². The topological polar surface area (TPSA) is 85.2 Å². The SMILES string of the molecule is COc1ccc(B2OC(C)(C)C(C)(C)O2)cc1P(=O)(O)O. The van der Waals surface area contributed by atoms with Crippen molar-refractivity contribution in [1.82, 2.24) is 0 Å². The van der Waals surface area contributed by atoms with E-state index in [-0.39, 0.29) is 11.1 Å². The maximum absolute atomic E-state index is 11.6. The highest BCUT2D eigenvalue weighted by atomic mass is 31.2. The van der Waals surface area contributed by atoms with Crippen LogP contribution in [0.5, 0.6) is 5.75 Å². The first-order valence-corrected chi connectivity index (χ1v) is 8.19. The molecule has 1 aliphatic rings. The zero-order valence-corrected chi connectivity index (χ0v) is 13.7. The largest absolute Gasteiger partial charge is 0.496 e. The van der Waals surface area contributed by atoms with Gasteiger partial charge >= 0.3 is 14.7 Å². The lowest BCUT2D eigenvalue weighted by Gasteiger charge is -2.32. The molecule has 1 aliphatic heterocycles. The number of hydrogen-bond acceptors (Lipinski definition) is 4. The molecule has 1 aromatic rings. The molecular weight excluding hydrogens is 294 g/mol. The normalized spacial score (nSPS) is 20.6. The third-order valence-corrected chi connectivity index (χ3v) is 5.02. The maximum atomic E-state index is 11.6. The molecule has 1 heterocycles. The molecule has 2 rings (SSSR count). The van der Waals surface area contributed by atoms with E-state index >= 15 is 0 Å². The Labute approximate surface area is 124 Å². The Balaban J connectivity index is 2.42. The molecule has 0 bridgehead atoms. The first-order chi connectivity index (χ1) is 9.48. The lowest BCUT2D eigenvalue weighted by atomic mass is 9.79. The van der Waals surface area contributed by atoms with Crippen molar-refractivity contribution in [2.24, 2.45) is 0 Å². The smallest absolute Gasteiger partial charge is 0.494 e. The van der Waals surface area contributed by atoms with Gasteiger partial charge in [0.1, 0.15) is 11.1 Å². The van der Waals surface area contributed by atoms with Crippen molar-refractivity contribution in [3.8, 4) is 5.75 Å². The first-order valence-electron chi connectivity index (χ1n) is 6.57. The highest BCUT2D eigenvalue weighted by Crippen LogP contribution is 2.39. The van der Waals surface area contributed by atoms with Crippen LogP contribution in [0.2, 0.25) is 0 Å². The van der Waals surface area contributed by atoms with E-state index in [9.17, 15) is 14.4 Å². The Hall–Kier alpha value is -0.845. The van der Waals surface area contributed by atoms with Gasteiger partial charge in [0.2, 0.25) is 0 Å². The fraction of sp³-hybridized carbons (Fsp3) is 0.538. The highest BCUT2D eigenvalue weighted by Gasteiger charge is 2.51. The van der Waals surface area contributed by atoms with E-state index in [4.69, 9.17) is 14.0 Å². The van der Waals surface area contributed by atoms with Crippen LogP contribution in [0.3, 0.4) is 0 Å². The van der Waals surface area contributed by atoms with E-state index in [0.29, 0.717) is 5.46 Å². The summed E-state index contributed by atoms with van der Waals surface area (Å²) in [6.07, 6.45) is 0. The van der Waals surface area contributed by atoms with Gasteiger partial charge in [-0.15, -0.1) is 0 Å². The Morgan fingerprint density at radius 1 is 1.14 bits per heavy atom. The number of benzene rings is 1. The third kappa shape index (κ3) is 3.03. The van der Waals surface area contributed by atoms with Gasteiger partial charge in [-0.1, -0.05) is 6.07 Å². The van der Waals surface area contributed by atoms with Gasteiger partial charge in [-0.05, 0) is 45.3 Å². The van der Waals surface area contributed by atoms with E-state index in [2.05, 4.69) is 0 Å². The van der Waals surface area contributed by atoms with Gasteiger partial charge in [0.25, 0.3) is 0 Å². The minimum absolute atomic E-state index is 0.142. The predicted octanol–water partition coefficient (Wildman–Crippen LogP) is 0.797. The van der Waals surface area contributed by atoms with Crippen LogP contribution >= 0.6 is 7.60 Å². The van der Waals surface area contributed by atoms with Gasteiger partial charge in [0.15, 0.2) is 0 Å². The van der Waals surface area contributed by atoms with Crippen molar-refractivity contribution in [1.29, 1.82) is 0 Å². The summed E-state index contributed by atoms with van der Waals surface area (Å²) in [7, 11) is -3.75. The second-order valence-corrected chi connectivity index (χ2v) is 7.63. The van der Waals surface area contributed by atoms with Crippen LogP contribution in [-0.2, 0) is 13.9 Å². The van der Waals surface area contributed by atoms with Gasteiger partial charge in [-0.3, -0.25) is 4.57 Å². The molecule has 1 fully saturated rings. The van der Waals surface area contributed by atoms with Crippen molar-refractivity contribution in [2.45, 2.75) is 38.9 Å². The Bertz CT molecular complexity index is 578. The minimum atomic E-state index is -4.44. The lowest BCUT2D eigenvalue weighted by molar-refractivity contribution is 0.00578. The van der Waals surface area contributed by atoms with Crippen molar-refractivity contribution < 1.29 is 28.4 Å². The lowest BCUT2D eigenvalue weighted by Crippen LogP contribution is -2.41. The molecule has 116 valence electrons. The summed E-state index contributed by atoms with van der Waals surface area (Å²) in [5.41, 5.74) is -0.479. The molecule has 21 heavy (non-hydrogen) atoms. The summed E-state index contributed by atoms with van der Waals surface area (Å²) in [6, 6.07) is 4.57. The molecule has 2 N–H and O–H groups in total. The van der Waals surface area contributed by atoms with Gasteiger partial charge in [-0.25, -0.2) is 0 Å². The van der Waals surface area contributed by atoms with Crippen molar-refractivity contribution in [2.75, 3.05) is 7.11 Å². The van der Waals surface area contributed by atoms with Crippen LogP contribution < -0.4 is 15.5 Å². The average molecular weight is 314 g/mol. The van der Waals surface area contributed by atoms with E-state index in [1.54, 1.807) is 6.07 Å². The molecule has 0 saturated carbocycles. The molecule has 0 spiro atoms. The quantitative estimate of drug-likeness (QED) is 0.634. The number of ether oxygens (including phenoxy) is 1. The van der Waals surface area contributed by atoms with Crippen molar-refractivity contribution in [3.63, 3.8) is 0 Å². The zero-order chi connectivity index (χ0) is 16.1. The minimum Gasteiger partial charge on any atom is -0.496 e. The number of rotatable bonds is 3. The Morgan fingerprint density at radius 2 is 1.67 bits per heavy atom. The molecule has 0 unspecified atom stereocenters. The van der Waals surface area contributed by atoms with Gasteiger partial charge in [0.05, 0.1) is 18.3 Å². The van der Waals surface area contributed by atoms with Crippen LogP contribution in [-0.4, -0.2) is 35.2 Å². The molecule has 0 aliphatic carbocycles. The molecule has 6 nitrogen and oxygen atoms in total. The van der Waals surface area contributed by atoms with Crippen molar-refractivity contribution >= 4 is 25.5 Å². The third-order valence-electron chi connectivity index (χ3n) is 4.04. The second kappa shape index (κ2) is 5.11. The van der Waals surface area contributed by atoms with Crippen LogP contribution in [0.25, 0.3) is 0 Å². The van der Waals surface area contributed by atoms with E-state index < -0.39 is 25.9 Å². The first kappa shape index (κ1) is 16.5. The summed E-state index contributed by atoms with van der Waals surface area (Å²) >= 11 is 0. The summed E-state index contributed by atoms with van der Waals surface area (Å²) in [4.78, 5) is 18.8. The monoisotopic (exact) mass is 314 g/mol. The highest BCUT2D eigenvalue weighted by molar-refractivity contribution is 7.60. The maximum Gasteiger partial charge on any atom is 0.494 e. The van der Waals surface area contributed by atoms with Gasteiger partial charge < -0.3 is 23.8 Å². The molecule has 0 aromatic heterocycles. The molecule has 0 radical (unpaired) electrons. The molecule has 8 heteroatoms. The second-order valence-electron chi connectivity index (χ2n) is 6.06. The fourth-order valence-electron chi connectivity index (χ4n) is 2.06. The van der Waals surface area contributed by atoms with Crippen LogP contribution in [0.15, 0.2) is 18.2 Å². The summed E-state index contributed by atoms with van der Waals surface area (Å²) in [6.45, 7) is 7.67. The molecular formula is C13H20BO6P. The average Bonchev–Trinajstić information content (AvgIpc) is 2.56.